The molecule has 0 bridgehead atoms. The van der Waals surface area contributed by atoms with Crippen LogP contribution in [-0.2, 0) is 28.6 Å². The van der Waals surface area contributed by atoms with Gasteiger partial charge >= 0.3 is 17.9 Å². The highest BCUT2D eigenvalue weighted by atomic mass is 16.6. The number of carbonyl (C=O) groups is 3. The molecule has 0 aliphatic carbocycles. The SMILES string of the molecule is CC/C=C\C/C=C\C/C=C\C/C=C\C/C=C\C/C=C\C/C=C\CCCCCCCC(=O)OCC(COC(=O)CCCCCCC/C=C\CCCCCC)OC(=O)CCCCCCCCCCCCCCCCCCCC. The summed E-state index contributed by atoms with van der Waals surface area (Å²) < 4.78 is 16.9. The molecular formula is C70H120O6. The highest BCUT2D eigenvalue weighted by Crippen LogP contribution is 2.16. The summed E-state index contributed by atoms with van der Waals surface area (Å²) in [5, 5.41) is 0. The fourth-order valence-electron chi connectivity index (χ4n) is 9.01. The lowest BCUT2D eigenvalue weighted by molar-refractivity contribution is -0.167. The molecule has 0 fully saturated rings. The van der Waals surface area contributed by atoms with E-state index in [9.17, 15) is 14.4 Å². The van der Waals surface area contributed by atoms with E-state index in [-0.39, 0.29) is 31.1 Å². The second kappa shape index (κ2) is 63.9. The average molecular weight is 1060 g/mol. The Hall–Kier alpha value is -3.67. The first-order chi connectivity index (χ1) is 37.5. The molecule has 0 N–H and O–H groups in total. The number of ether oxygens (including phenoxy) is 3. The first-order valence-electron chi connectivity index (χ1n) is 32.2. The van der Waals surface area contributed by atoms with Crippen molar-refractivity contribution in [1.82, 2.24) is 0 Å². The maximum Gasteiger partial charge on any atom is 0.306 e. The van der Waals surface area contributed by atoms with E-state index in [0.717, 1.165) is 128 Å². The first kappa shape index (κ1) is 72.3. The summed E-state index contributed by atoms with van der Waals surface area (Å²) in [6, 6.07) is 0. The highest BCUT2D eigenvalue weighted by molar-refractivity contribution is 5.71. The van der Waals surface area contributed by atoms with Gasteiger partial charge in [-0.1, -0.05) is 285 Å². The van der Waals surface area contributed by atoms with Crippen molar-refractivity contribution in [3.05, 3.63) is 97.2 Å². The van der Waals surface area contributed by atoms with Gasteiger partial charge in [0.15, 0.2) is 6.10 Å². The third kappa shape index (κ3) is 61.2. The molecule has 0 aliphatic rings. The Labute approximate surface area is 470 Å². The Bertz CT molecular complexity index is 1490. The Morgan fingerprint density at radius 1 is 0.276 bits per heavy atom. The zero-order valence-corrected chi connectivity index (χ0v) is 50.0. The van der Waals surface area contributed by atoms with Gasteiger partial charge in [-0.2, -0.15) is 0 Å². The van der Waals surface area contributed by atoms with Gasteiger partial charge in [0.25, 0.3) is 0 Å². The number of hydrogen-bond donors (Lipinski definition) is 0. The molecule has 0 heterocycles. The van der Waals surface area contributed by atoms with Gasteiger partial charge in [-0.3, -0.25) is 14.4 Å². The van der Waals surface area contributed by atoms with E-state index in [0.29, 0.717) is 19.3 Å². The van der Waals surface area contributed by atoms with Gasteiger partial charge in [-0.05, 0) is 103 Å². The van der Waals surface area contributed by atoms with Crippen LogP contribution in [0.2, 0.25) is 0 Å². The summed E-state index contributed by atoms with van der Waals surface area (Å²) >= 11 is 0. The number of allylic oxidation sites excluding steroid dienone is 16. The van der Waals surface area contributed by atoms with Crippen LogP contribution in [0.15, 0.2) is 97.2 Å². The minimum Gasteiger partial charge on any atom is -0.462 e. The normalized spacial score (nSPS) is 12.7. The van der Waals surface area contributed by atoms with Crippen LogP contribution in [0.5, 0.6) is 0 Å². The summed E-state index contributed by atoms with van der Waals surface area (Å²) in [4.78, 5) is 38.3. The zero-order chi connectivity index (χ0) is 55.0. The monoisotopic (exact) mass is 1060 g/mol. The molecule has 76 heavy (non-hydrogen) atoms. The lowest BCUT2D eigenvalue weighted by Gasteiger charge is -2.18. The van der Waals surface area contributed by atoms with Crippen molar-refractivity contribution in [2.45, 2.75) is 316 Å². The number of esters is 3. The Kier molecular flexibility index (Phi) is 60.8. The summed E-state index contributed by atoms with van der Waals surface area (Å²) in [7, 11) is 0. The summed E-state index contributed by atoms with van der Waals surface area (Å²) in [5.74, 6) is -0.901. The standard InChI is InChI=1S/C70H120O6/c1-4-7-10-13-16-19-22-25-27-29-31-32-33-34-35-36-37-38-39-41-42-45-48-51-54-57-60-63-69(72)75-66-67(65-74-68(71)62-59-56-53-50-47-44-24-21-18-15-12-9-6-3)76-70(73)64-61-58-55-52-49-46-43-40-30-28-26-23-20-17-14-11-8-5-2/h7,10,16,19,21,24-25,27,31-32,34-35,37-38,41-42,67H,4-6,8-9,11-15,17-18,20,22-23,26,28-30,33,36,39-40,43-66H2,1-3H3/b10-7-,19-16-,24-21-,27-25-,32-31-,35-34-,38-37-,42-41-. The topological polar surface area (TPSA) is 78.9 Å². The molecule has 0 radical (unpaired) electrons. The van der Waals surface area contributed by atoms with Crippen molar-refractivity contribution >= 4 is 17.9 Å². The highest BCUT2D eigenvalue weighted by Gasteiger charge is 2.19. The first-order valence-corrected chi connectivity index (χ1v) is 32.2. The van der Waals surface area contributed by atoms with Crippen LogP contribution in [0.25, 0.3) is 0 Å². The van der Waals surface area contributed by atoms with Gasteiger partial charge in [0.2, 0.25) is 0 Å². The Morgan fingerprint density at radius 3 is 0.829 bits per heavy atom. The molecule has 1 atom stereocenters. The van der Waals surface area contributed by atoms with Gasteiger partial charge in [0.1, 0.15) is 13.2 Å². The molecule has 0 saturated carbocycles. The molecule has 1 unspecified atom stereocenters. The number of unbranched alkanes of at least 4 members (excludes halogenated alkanes) is 31. The van der Waals surface area contributed by atoms with E-state index >= 15 is 0 Å². The largest absolute Gasteiger partial charge is 0.462 e. The summed E-state index contributed by atoms with van der Waals surface area (Å²) in [6.45, 7) is 6.52. The molecule has 0 amide bonds. The molecule has 436 valence electrons. The lowest BCUT2D eigenvalue weighted by atomic mass is 10.0. The number of hydrogen-bond acceptors (Lipinski definition) is 6. The fraction of sp³-hybridized carbons (Fsp3) is 0.729. The lowest BCUT2D eigenvalue weighted by Crippen LogP contribution is -2.30. The van der Waals surface area contributed by atoms with Gasteiger partial charge in [0.05, 0.1) is 0 Å². The van der Waals surface area contributed by atoms with Gasteiger partial charge in [-0.25, -0.2) is 0 Å². The van der Waals surface area contributed by atoms with E-state index < -0.39 is 6.10 Å². The molecule has 0 aliphatic heterocycles. The molecule has 6 nitrogen and oxygen atoms in total. The second-order valence-corrected chi connectivity index (χ2v) is 21.3. The molecule has 6 heteroatoms. The van der Waals surface area contributed by atoms with Crippen LogP contribution in [0, 0.1) is 0 Å². The van der Waals surface area contributed by atoms with E-state index in [1.807, 2.05) is 0 Å². The quantitative estimate of drug-likeness (QED) is 0.0261. The van der Waals surface area contributed by atoms with Crippen molar-refractivity contribution in [2.75, 3.05) is 13.2 Å². The third-order valence-electron chi connectivity index (χ3n) is 13.8. The molecule has 0 rings (SSSR count). The van der Waals surface area contributed by atoms with Gasteiger partial charge in [0, 0.05) is 19.3 Å². The molecule has 0 aromatic heterocycles. The minimum absolute atomic E-state index is 0.0857. The van der Waals surface area contributed by atoms with E-state index in [1.54, 1.807) is 0 Å². The van der Waals surface area contributed by atoms with Crippen LogP contribution in [0.3, 0.4) is 0 Å². The zero-order valence-electron chi connectivity index (χ0n) is 50.0. The Morgan fingerprint density at radius 2 is 0.513 bits per heavy atom. The Balaban J connectivity index is 4.36. The van der Waals surface area contributed by atoms with Crippen molar-refractivity contribution in [2.24, 2.45) is 0 Å². The molecule has 0 spiro atoms. The predicted octanol–water partition coefficient (Wildman–Crippen LogP) is 22.0. The molecular weight excluding hydrogens is 937 g/mol. The molecule has 0 aromatic rings. The summed E-state index contributed by atoms with van der Waals surface area (Å²) in [6.07, 6.45) is 85.5. The second-order valence-electron chi connectivity index (χ2n) is 21.3. The van der Waals surface area contributed by atoms with Crippen molar-refractivity contribution in [3.8, 4) is 0 Å². The molecule has 0 saturated heterocycles. The summed E-state index contributed by atoms with van der Waals surface area (Å²) in [5.41, 5.74) is 0. The minimum atomic E-state index is -0.789. The van der Waals surface area contributed by atoms with E-state index in [2.05, 4.69) is 118 Å². The average Bonchev–Trinajstić information content (AvgIpc) is 3.42. The van der Waals surface area contributed by atoms with Crippen LogP contribution in [-0.4, -0.2) is 37.2 Å². The fourth-order valence-corrected chi connectivity index (χ4v) is 9.01. The van der Waals surface area contributed by atoms with Gasteiger partial charge in [-0.15, -0.1) is 0 Å². The van der Waals surface area contributed by atoms with Gasteiger partial charge < -0.3 is 14.2 Å². The third-order valence-corrected chi connectivity index (χ3v) is 13.8. The van der Waals surface area contributed by atoms with Crippen LogP contribution in [0.1, 0.15) is 310 Å². The van der Waals surface area contributed by atoms with Crippen LogP contribution < -0.4 is 0 Å². The van der Waals surface area contributed by atoms with E-state index in [1.165, 1.54) is 141 Å². The van der Waals surface area contributed by atoms with Crippen LogP contribution in [0.4, 0.5) is 0 Å². The maximum absolute atomic E-state index is 12.9. The van der Waals surface area contributed by atoms with E-state index in [4.69, 9.17) is 14.2 Å². The number of carbonyl (C=O) groups excluding carboxylic acids is 3. The maximum atomic E-state index is 12.9. The van der Waals surface area contributed by atoms with Crippen molar-refractivity contribution in [3.63, 3.8) is 0 Å². The van der Waals surface area contributed by atoms with Crippen molar-refractivity contribution < 1.29 is 28.6 Å². The van der Waals surface area contributed by atoms with Crippen molar-refractivity contribution in [1.29, 1.82) is 0 Å². The predicted molar refractivity (Wildman–Crippen MR) is 330 cm³/mol. The smallest absolute Gasteiger partial charge is 0.306 e. The number of rotatable bonds is 58. The molecule has 0 aromatic carbocycles. The van der Waals surface area contributed by atoms with Crippen LogP contribution >= 0.6 is 0 Å².